The highest BCUT2D eigenvalue weighted by Gasteiger charge is 2.79. The van der Waals surface area contributed by atoms with Crippen molar-refractivity contribution in [3.05, 3.63) is 11.1 Å². The van der Waals surface area contributed by atoms with Crippen molar-refractivity contribution in [3.63, 3.8) is 0 Å². The monoisotopic (exact) mass is 234 g/mol. The van der Waals surface area contributed by atoms with Gasteiger partial charge in [0.05, 0.1) is 0 Å². The Morgan fingerprint density at radius 2 is 0.706 bits per heavy atom. The van der Waals surface area contributed by atoms with Gasteiger partial charge >= 0.3 is 0 Å². The lowest BCUT2D eigenvalue weighted by atomic mass is 9.42. The molecular formula is C17H30. The van der Waals surface area contributed by atoms with E-state index in [1.54, 1.807) is 11.1 Å². The van der Waals surface area contributed by atoms with Crippen molar-refractivity contribution in [3.8, 4) is 0 Å². The number of allylic oxidation sites excluding steroid dienone is 2. The molecule has 0 N–H and O–H groups in total. The van der Waals surface area contributed by atoms with Crippen LogP contribution in [0.5, 0.6) is 0 Å². The summed E-state index contributed by atoms with van der Waals surface area (Å²) in [6.45, 7) is 24.6. The van der Waals surface area contributed by atoms with Crippen LogP contribution in [0, 0.1) is 27.1 Å². The number of hydrogen-bond acceptors (Lipinski definition) is 0. The molecule has 1 saturated carbocycles. The third kappa shape index (κ3) is 0.805. The van der Waals surface area contributed by atoms with E-state index in [9.17, 15) is 0 Å². The molecule has 2 atom stereocenters. The molecule has 0 aliphatic heterocycles. The van der Waals surface area contributed by atoms with Crippen molar-refractivity contribution >= 4 is 0 Å². The molecule has 0 saturated heterocycles. The van der Waals surface area contributed by atoms with Gasteiger partial charge in [-0.3, -0.25) is 0 Å². The molecular weight excluding hydrogens is 204 g/mol. The van der Waals surface area contributed by atoms with Crippen LogP contribution in [-0.2, 0) is 0 Å². The molecule has 0 nitrogen and oxygen atoms in total. The zero-order valence-corrected chi connectivity index (χ0v) is 13.5. The van der Waals surface area contributed by atoms with E-state index in [0.717, 1.165) is 0 Å². The third-order valence-electron chi connectivity index (χ3n) is 8.69. The number of hydrogen-bond donors (Lipinski definition) is 0. The zero-order chi connectivity index (χ0) is 13.7. The van der Waals surface area contributed by atoms with Crippen LogP contribution in [0.4, 0.5) is 0 Å². The highest BCUT2D eigenvalue weighted by molar-refractivity contribution is 5.50. The Kier molecular flexibility index (Phi) is 2.08. The van der Waals surface area contributed by atoms with Gasteiger partial charge in [-0.2, -0.15) is 0 Å². The Hall–Kier alpha value is -0.260. The van der Waals surface area contributed by atoms with Crippen LogP contribution in [0.3, 0.4) is 0 Å². The summed E-state index contributed by atoms with van der Waals surface area (Å²) in [6.07, 6.45) is 0. The van der Waals surface area contributed by atoms with Gasteiger partial charge in [-0.25, -0.2) is 0 Å². The molecule has 0 aromatic heterocycles. The van der Waals surface area contributed by atoms with Crippen LogP contribution in [0.25, 0.3) is 0 Å². The summed E-state index contributed by atoms with van der Waals surface area (Å²) in [6, 6.07) is 0. The summed E-state index contributed by atoms with van der Waals surface area (Å²) in [5, 5.41) is 0. The van der Waals surface area contributed by atoms with Gasteiger partial charge in [0.15, 0.2) is 0 Å². The van der Waals surface area contributed by atoms with E-state index in [2.05, 4.69) is 69.2 Å². The molecule has 0 radical (unpaired) electrons. The average Bonchev–Trinajstić information content (AvgIpc) is 2.27. The topological polar surface area (TPSA) is 0 Å². The zero-order valence-electron chi connectivity index (χ0n) is 13.5. The smallest absolute Gasteiger partial charge is 0.00362 e. The van der Waals surface area contributed by atoms with Crippen LogP contribution in [0.1, 0.15) is 69.2 Å². The summed E-state index contributed by atoms with van der Waals surface area (Å²) in [4.78, 5) is 0. The minimum absolute atomic E-state index is 0.335. The first-order chi connectivity index (χ1) is 7.32. The molecule has 0 bridgehead atoms. The van der Waals surface area contributed by atoms with Crippen LogP contribution >= 0.6 is 0 Å². The predicted octanol–water partition coefficient (Wildman–Crippen LogP) is 5.44. The van der Waals surface area contributed by atoms with E-state index < -0.39 is 0 Å². The molecule has 17 heavy (non-hydrogen) atoms. The average molecular weight is 234 g/mol. The molecule has 1 fully saturated rings. The van der Waals surface area contributed by atoms with Crippen LogP contribution in [0.2, 0.25) is 0 Å². The summed E-state index contributed by atoms with van der Waals surface area (Å²) in [7, 11) is 0. The van der Waals surface area contributed by atoms with Gasteiger partial charge in [0.2, 0.25) is 0 Å². The maximum atomic E-state index is 2.51. The third-order valence-corrected chi connectivity index (χ3v) is 8.69. The Labute approximate surface area is 108 Å². The summed E-state index contributed by atoms with van der Waals surface area (Å²) < 4.78 is 0. The van der Waals surface area contributed by atoms with Crippen molar-refractivity contribution in [2.45, 2.75) is 69.2 Å². The van der Waals surface area contributed by atoms with Gasteiger partial charge in [-0.05, 0) is 30.1 Å². The molecule has 2 unspecified atom stereocenters. The summed E-state index contributed by atoms with van der Waals surface area (Å²) >= 11 is 0. The van der Waals surface area contributed by atoms with E-state index in [1.165, 1.54) is 0 Å². The second-order valence-corrected chi connectivity index (χ2v) is 8.38. The van der Waals surface area contributed by atoms with Crippen molar-refractivity contribution in [2.75, 3.05) is 0 Å². The van der Waals surface area contributed by atoms with Crippen LogP contribution in [0.15, 0.2) is 11.1 Å². The normalized spacial score (nSPS) is 45.5. The van der Waals surface area contributed by atoms with Gasteiger partial charge in [-0.15, -0.1) is 0 Å². The first-order valence-corrected chi connectivity index (χ1v) is 7.00. The highest BCUT2D eigenvalue weighted by atomic mass is 14.8. The molecule has 0 spiro atoms. The standard InChI is InChI=1S/C17H30/c1-11-12(2)17(10)15(7,8)13(3,4)14(5,6)16(11,17)9/h1-10H3. The Balaban J connectivity index is 2.83. The fourth-order valence-corrected chi connectivity index (χ4v) is 5.66. The molecule has 0 heteroatoms. The van der Waals surface area contributed by atoms with Crippen LogP contribution < -0.4 is 0 Å². The van der Waals surface area contributed by atoms with E-state index >= 15 is 0 Å². The SMILES string of the molecule is CC1=C(C)C2(C)C(C)(C)C(C)(C)C(C)(C)C12C. The Morgan fingerprint density at radius 3 is 0.941 bits per heavy atom. The lowest BCUT2D eigenvalue weighted by Gasteiger charge is -2.62. The molecule has 2 rings (SSSR count). The number of rotatable bonds is 0. The lowest BCUT2D eigenvalue weighted by molar-refractivity contribution is 0.00475. The quantitative estimate of drug-likeness (QED) is 0.489. The van der Waals surface area contributed by atoms with Gasteiger partial charge in [0.25, 0.3) is 0 Å². The Bertz CT molecular complexity index is 381. The molecule has 2 aliphatic carbocycles. The lowest BCUT2D eigenvalue weighted by Crippen LogP contribution is -2.54. The molecule has 98 valence electrons. The first-order valence-electron chi connectivity index (χ1n) is 7.00. The summed E-state index contributed by atoms with van der Waals surface area (Å²) in [5.41, 5.74) is 4.98. The van der Waals surface area contributed by atoms with Gasteiger partial charge in [0, 0.05) is 10.8 Å². The molecule has 0 heterocycles. The van der Waals surface area contributed by atoms with Gasteiger partial charge in [0.1, 0.15) is 0 Å². The Morgan fingerprint density at radius 1 is 0.471 bits per heavy atom. The molecule has 2 aliphatic rings. The predicted molar refractivity (Wildman–Crippen MR) is 75.9 cm³/mol. The van der Waals surface area contributed by atoms with Crippen molar-refractivity contribution in [1.82, 2.24) is 0 Å². The first kappa shape index (κ1) is 13.2. The van der Waals surface area contributed by atoms with Gasteiger partial charge in [-0.1, -0.05) is 66.5 Å². The summed E-state index contributed by atoms with van der Waals surface area (Å²) in [5.74, 6) is 0. The van der Waals surface area contributed by atoms with Crippen molar-refractivity contribution in [2.24, 2.45) is 27.1 Å². The maximum absolute atomic E-state index is 2.51. The van der Waals surface area contributed by atoms with Gasteiger partial charge < -0.3 is 0 Å². The van der Waals surface area contributed by atoms with E-state index in [4.69, 9.17) is 0 Å². The second-order valence-electron chi connectivity index (χ2n) is 8.38. The minimum Gasteiger partial charge on any atom is -0.0664 e. The maximum Gasteiger partial charge on any atom is 0.00362 e. The van der Waals surface area contributed by atoms with E-state index in [1.807, 2.05) is 0 Å². The molecule has 0 aromatic carbocycles. The van der Waals surface area contributed by atoms with Crippen molar-refractivity contribution in [1.29, 1.82) is 0 Å². The van der Waals surface area contributed by atoms with E-state index in [-0.39, 0.29) is 0 Å². The second kappa shape index (κ2) is 2.68. The van der Waals surface area contributed by atoms with Crippen LogP contribution in [-0.4, -0.2) is 0 Å². The van der Waals surface area contributed by atoms with Crippen molar-refractivity contribution < 1.29 is 0 Å². The fraction of sp³-hybridized carbons (Fsp3) is 0.882. The number of fused-ring (bicyclic) bond motifs is 1. The molecule has 0 amide bonds. The fourth-order valence-electron chi connectivity index (χ4n) is 5.66. The van der Waals surface area contributed by atoms with E-state index in [0.29, 0.717) is 27.1 Å². The largest absolute Gasteiger partial charge is 0.0664 e. The minimum atomic E-state index is 0.335. The molecule has 0 aromatic rings. The highest BCUT2D eigenvalue weighted by Crippen LogP contribution is 2.86.